The quantitative estimate of drug-likeness (QED) is 0.689. The van der Waals surface area contributed by atoms with Crippen LogP contribution >= 0.6 is 31.9 Å². The number of alkyl halides is 1. The van der Waals surface area contributed by atoms with Crippen LogP contribution in [0.1, 0.15) is 10.4 Å². The molecule has 68 valence electrons. The Kier molecular flexibility index (Phi) is 2.43. The number of benzene rings is 1. The largest absolute Gasteiger partial charge is 0.491 e. The summed E-state index contributed by atoms with van der Waals surface area (Å²) in [6, 6.07) is 5.45. The molecule has 4 heteroatoms. The normalized spacial score (nSPS) is 20.8. The van der Waals surface area contributed by atoms with Crippen LogP contribution < -0.4 is 4.74 Å². The molecule has 0 amide bonds. The van der Waals surface area contributed by atoms with Crippen LogP contribution in [0.4, 0.5) is 0 Å². The molecule has 0 N–H and O–H groups in total. The van der Waals surface area contributed by atoms with Crippen LogP contribution in [0.3, 0.4) is 0 Å². The molecule has 1 atom stereocenters. The molecule has 1 unspecified atom stereocenters. The first-order valence-corrected chi connectivity index (χ1v) is 5.50. The SMILES string of the molecule is O=C1c2cc(Br)ccc2OCC1Br. The molecule has 2 rings (SSSR count). The lowest BCUT2D eigenvalue weighted by atomic mass is 10.1. The molecule has 1 heterocycles. The highest BCUT2D eigenvalue weighted by Crippen LogP contribution is 2.29. The Morgan fingerprint density at radius 2 is 2.23 bits per heavy atom. The fourth-order valence-electron chi connectivity index (χ4n) is 1.23. The minimum atomic E-state index is -0.214. The van der Waals surface area contributed by atoms with Gasteiger partial charge in [-0.25, -0.2) is 0 Å². The zero-order chi connectivity index (χ0) is 9.42. The van der Waals surface area contributed by atoms with Crippen LogP contribution in [0.15, 0.2) is 22.7 Å². The van der Waals surface area contributed by atoms with E-state index in [4.69, 9.17) is 4.74 Å². The molecule has 2 nitrogen and oxygen atoms in total. The Bertz CT molecular complexity index is 363. The smallest absolute Gasteiger partial charge is 0.183 e. The lowest BCUT2D eigenvalue weighted by molar-refractivity contribution is 0.0946. The third-order valence-electron chi connectivity index (χ3n) is 1.88. The first-order chi connectivity index (χ1) is 6.18. The van der Waals surface area contributed by atoms with Crippen LogP contribution in [0.25, 0.3) is 0 Å². The molecule has 1 aliphatic heterocycles. The molecule has 0 saturated heterocycles. The molecular formula is C9H6Br2O2. The van der Waals surface area contributed by atoms with Gasteiger partial charge in [-0.2, -0.15) is 0 Å². The predicted octanol–water partition coefficient (Wildman–Crippen LogP) is 2.79. The number of ether oxygens (including phenoxy) is 1. The van der Waals surface area contributed by atoms with Crippen LogP contribution in [0, 0.1) is 0 Å². The number of ketones is 1. The number of hydrogen-bond acceptors (Lipinski definition) is 2. The number of carbonyl (C=O) groups excluding carboxylic acids is 1. The van der Waals surface area contributed by atoms with E-state index in [1.165, 1.54) is 0 Å². The van der Waals surface area contributed by atoms with E-state index in [-0.39, 0.29) is 10.6 Å². The van der Waals surface area contributed by atoms with E-state index in [1.807, 2.05) is 6.07 Å². The summed E-state index contributed by atoms with van der Waals surface area (Å²) in [5.41, 5.74) is 0.641. The van der Waals surface area contributed by atoms with E-state index in [0.29, 0.717) is 17.9 Å². The molecule has 1 aliphatic rings. The van der Waals surface area contributed by atoms with Crippen LogP contribution in [0.5, 0.6) is 5.75 Å². The van der Waals surface area contributed by atoms with E-state index in [1.54, 1.807) is 12.1 Å². The van der Waals surface area contributed by atoms with Gasteiger partial charge in [0, 0.05) is 4.47 Å². The second-order valence-corrected chi connectivity index (χ2v) is 4.80. The standard InChI is InChI=1S/C9H6Br2O2/c10-5-1-2-8-6(3-5)9(12)7(11)4-13-8/h1-3,7H,4H2. The summed E-state index contributed by atoms with van der Waals surface area (Å²) in [7, 11) is 0. The lowest BCUT2D eigenvalue weighted by Gasteiger charge is -2.20. The zero-order valence-corrected chi connectivity index (χ0v) is 9.76. The molecule has 0 saturated carbocycles. The van der Waals surface area contributed by atoms with Gasteiger partial charge in [0.1, 0.15) is 17.2 Å². The maximum atomic E-state index is 11.6. The van der Waals surface area contributed by atoms with Crippen molar-refractivity contribution in [3.63, 3.8) is 0 Å². The summed E-state index contributed by atoms with van der Waals surface area (Å²) in [5, 5.41) is 0. The summed E-state index contributed by atoms with van der Waals surface area (Å²) in [5.74, 6) is 0.756. The molecule has 0 spiro atoms. The van der Waals surface area contributed by atoms with E-state index in [2.05, 4.69) is 31.9 Å². The molecule has 1 aromatic carbocycles. The Labute approximate surface area is 92.5 Å². The Hall–Kier alpha value is -0.350. The van der Waals surface area contributed by atoms with Gasteiger partial charge in [0.2, 0.25) is 0 Å². The van der Waals surface area contributed by atoms with Gasteiger partial charge in [0.15, 0.2) is 5.78 Å². The maximum absolute atomic E-state index is 11.6. The average Bonchev–Trinajstić information content (AvgIpc) is 2.12. The van der Waals surface area contributed by atoms with Gasteiger partial charge < -0.3 is 4.74 Å². The first kappa shape index (κ1) is 9.21. The third kappa shape index (κ3) is 1.65. The molecule has 0 fully saturated rings. The van der Waals surface area contributed by atoms with Crippen molar-refractivity contribution in [2.45, 2.75) is 4.83 Å². The second-order valence-electron chi connectivity index (χ2n) is 2.78. The Balaban J connectivity index is 2.51. The molecule has 1 aromatic rings. The van der Waals surface area contributed by atoms with Gasteiger partial charge in [0.25, 0.3) is 0 Å². The maximum Gasteiger partial charge on any atom is 0.183 e. The number of carbonyl (C=O) groups is 1. The number of rotatable bonds is 0. The summed E-state index contributed by atoms with van der Waals surface area (Å²) < 4.78 is 6.27. The van der Waals surface area contributed by atoms with Crippen molar-refractivity contribution in [2.24, 2.45) is 0 Å². The van der Waals surface area contributed by atoms with Gasteiger partial charge in [-0.05, 0) is 18.2 Å². The topological polar surface area (TPSA) is 26.3 Å². The second kappa shape index (κ2) is 3.42. The molecule has 0 aromatic heterocycles. The first-order valence-electron chi connectivity index (χ1n) is 3.79. The van der Waals surface area contributed by atoms with Crippen molar-refractivity contribution in [1.29, 1.82) is 0 Å². The van der Waals surface area contributed by atoms with Crippen LogP contribution in [-0.4, -0.2) is 17.2 Å². The van der Waals surface area contributed by atoms with Crippen molar-refractivity contribution in [3.05, 3.63) is 28.2 Å². The fourth-order valence-corrected chi connectivity index (χ4v) is 1.97. The molecule has 0 bridgehead atoms. The van der Waals surface area contributed by atoms with Gasteiger partial charge in [-0.15, -0.1) is 0 Å². The number of Topliss-reactive ketones (excluding diaryl/α,β-unsaturated/α-hetero) is 1. The summed E-state index contributed by atoms with van der Waals surface area (Å²) in [6.45, 7) is 0.410. The highest BCUT2D eigenvalue weighted by Gasteiger charge is 2.26. The van der Waals surface area contributed by atoms with Crippen molar-refractivity contribution < 1.29 is 9.53 Å². The van der Waals surface area contributed by atoms with Crippen LogP contribution in [-0.2, 0) is 0 Å². The van der Waals surface area contributed by atoms with Crippen LogP contribution in [0.2, 0.25) is 0 Å². The number of fused-ring (bicyclic) bond motifs is 1. The van der Waals surface area contributed by atoms with Gasteiger partial charge >= 0.3 is 0 Å². The molecule has 0 radical (unpaired) electrons. The van der Waals surface area contributed by atoms with E-state index >= 15 is 0 Å². The van der Waals surface area contributed by atoms with Gasteiger partial charge in [-0.1, -0.05) is 31.9 Å². The number of halogens is 2. The highest BCUT2D eigenvalue weighted by atomic mass is 79.9. The minimum Gasteiger partial charge on any atom is -0.491 e. The van der Waals surface area contributed by atoms with Gasteiger partial charge in [0.05, 0.1) is 5.56 Å². The Morgan fingerprint density at radius 1 is 1.46 bits per heavy atom. The zero-order valence-electron chi connectivity index (χ0n) is 6.59. The van der Waals surface area contributed by atoms with Gasteiger partial charge in [-0.3, -0.25) is 4.79 Å². The van der Waals surface area contributed by atoms with E-state index in [9.17, 15) is 4.79 Å². The predicted molar refractivity (Wildman–Crippen MR) is 56.7 cm³/mol. The van der Waals surface area contributed by atoms with E-state index in [0.717, 1.165) is 4.47 Å². The monoisotopic (exact) mass is 304 g/mol. The summed E-state index contributed by atoms with van der Waals surface area (Å²) in [4.78, 5) is 11.4. The van der Waals surface area contributed by atoms with Crippen molar-refractivity contribution >= 4 is 37.6 Å². The highest BCUT2D eigenvalue weighted by molar-refractivity contribution is 9.10. The molecule has 0 aliphatic carbocycles. The molecule has 13 heavy (non-hydrogen) atoms. The molecular weight excluding hydrogens is 300 g/mol. The summed E-state index contributed by atoms with van der Waals surface area (Å²) >= 11 is 6.57. The minimum absolute atomic E-state index is 0.0857. The third-order valence-corrected chi connectivity index (χ3v) is 3.05. The van der Waals surface area contributed by atoms with Crippen molar-refractivity contribution in [2.75, 3.05) is 6.61 Å². The van der Waals surface area contributed by atoms with Crippen molar-refractivity contribution in [3.8, 4) is 5.75 Å². The van der Waals surface area contributed by atoms with E-state index < -0.39 is 0 Å². The lowest BCUT2D eigenvalue weighted by Crippen LogP contribution is -2.27. The average molecular weight is 306 g/mol. The van der Waals surface area contributed by atoms with Crippen molar-refractivity contribution in [1.82, 2.24) is 0 Å². The Morgan fingerprint density at radius 3 is 3.00 bits per heavy atom. The fraction of sp³-hybridized carbons (Fsp3) is 0.222. The summed E-state index contributed by atoms with van der Waals surface area (Å²) in [6.07, 6.45) is 0. The number of hydrogen-bond donors (Lipinski definition) is 0.